The predicted molar refractivity (Wildman–Crippen MR) is 73.3 cm³/mol. The molecule has 0 spiro atoms. The molecule has 0 rings (SSSR count). The molecule has 0 aromatic rings. The van der Waals surface area contributed by atoms with E-state index in [4.69, 9.17) is 9.16 Å². The van der Waals surface area contributed by atoms with Gasteiger partial charge in [0.1, 0.15) is 5.73 Å². The van der Waals surface area contributed by atoms with Crippen molar-refractivity contribution in [2.75, 3.05) is 6.61 Å². The molecular formula is C13H26O3Si. The van der Waals surface area contributed by atoms with Crippen molar-refractivity contribution in [1.82, 2.24) is 0 Å². The quantitative estimate of drug-likeness (QED) is 0.361. The van der Waals surface area contributed by atoms with Crippen LogP contribution in [0.1, 0.15) is 40.0 Å². The molecule has 0 heterocycles. The van der Waals surface area contributed by atoms with Crippen LogP contribution in [0.4, 0.5) is 0 Å². The molecule has 0 aliphatic heterocycles. The summed E-state index contributed by atoms with van der Waals surface area (Å²) < 4.78 is 11.4. The minimum atomic E-state index is -1.97. The topological polar surface area (TPSA) is 35.5 Å². The molecule has 3 nitrogen and oxygen atoms in total. The average Bonchev–Trinajstić information content (AvgIpc) is 2.29. The highest BCUT2D eigenvalue weighted by atomic mass is 28.4. The van der Waals surface area contributed by atoms with E-state index in [0.717, 1.165) is 25.3 Å². The van der Waals surface area contributed by atoms with Crippen LogP contribution in [-0.2, 0) is 14.0 Å². The van der Waals surface area contributed by atoms with Gasteiger partial charge in [-0.2, -0.15) is 0 Å². The summed E-state index contributed by atoms with van der Waals surface area (Å²) in [7, 11) is -1.97. The molecule has 0 radical (unpaired) electrons. The Kier molecular flexibility index (Phi) is 8.17. The SMILES string of the molecule is C=CC(=O)OC(CCC)[Si](C)(CCC)OCC. The van der Waals surface area contributed by atoms with Gasteiger partial charge in [0.05, 0.1) is 0 Å². The summed E-state index contributed by atoms with van der Waals surface area (Å²) in [5.74, 6) is -0.335. The van der Waals surface area contributed by atoms with Crippen LogP contribution in [0.5, 0.6) is 0 Å². The lowest BCUT2D eigenvalue weighted by Crippen LogP contribution is -2.49. The highest BCUT2D eigenvalue weighted by molar-refractivity contribution is 6.73. The maximum atomic E-state index is 11.4. The van der Waals surface area contributed by atoms with Gasteiger partial charge in [0.15, 0.2) is 0 Å². The second-order valence-electron chi connectivity index (χ2n) is 4.41. The maximum Gasteiger partial charge on any atom is 0.330 e. The van der Waals surface area contributed by atoms with E-state index in [1.165, 1.54) is 6.08 Å². The molecule has 0 aliphatic rings. The fourth-order valence-corrected chi connectivity index (χ4v) is 5.66. The minimum absolute atomic E-state index is 0.0575. The van der Waals surface area contributed by atoms with Crippen molar-refractivity contribution in [3.8, 4) is 0 Å². The third kappa shape index (κ3) is 5.50. The van der Waals surface area contributed by atoms with Gasteiger partial charge in [0, 0.05) is 12.7 Å². The van der Waals surface area contributed by atoms with Crippen LogP contribution in [0.3, 0.4) is 0 Å². The van der Waals surface area contributed by atoms with Gasteiger partial charge in [-0.1, -0.05) is 33.3 Å². The van der Waals surface area contributed by atoms with E-state index in [1.807, 2.05) is 6.92 Å². The maximum absolute atomic E-state index is 11.4. The van der Waals surface area contributed by atoms with Crippen molar-refractivity contribution in [3.05, 3.63) is 12.7 Å². The van der Waals surface area contributed by atoms with Crippen LogP contribution in [-0.4, -0.2) is 26.6 Å². The standard InChI is InChI=1S/C13H26O3Si/c1-6-10-13(16-12(14)8-3)17(5,11-7-2)15-9-4/h8,13H,3,6-7,9-11H2,1-2,4-5H3. The lowest BCUT2D eigenvalue weighted by atomic mass is 10.3. The Hall–Kier alpha value is -0.613. The lowest BCUT2D eigenvalue weighted by molar-refractivity contribution is -0.140. The first-order valence-corrected chi connectivity index (χ1v) is 9.20. The number of carbonyl (C=O) groups excluding carboxylic acids is 1. The molecule has 0 amide bonds. The first kappa shape index (κ1) is 16.4. The van der Waals surface area contributed by atoms with Gasteiger partial charge in [-0.05, 0) is 25.9 Å². The highest BCUT2D eigenvalue weighted by Crippen LogP contribution is 2.24. The Labute approximate surface area is 106 Å². The van der Waals surface area contributed by atoms with Crippen molar-refractivity contribution in [1.29, 1.82) is 0 Å². The minimum Gasteiger partial charge on any atom is -0.460 e. The molecule has 0 N–H and O–H groups in total. The van der Waals surface area contributed by atoms with Crippen molar-refractivity contribution >= 4 is 14.3 Å². The van der Waals surface area contributed by atoms with Gasteiger partial charge in [-0.15, -0.1) is 0 Å². The lowest BCUT2D eigenvalue weighted by Gasteiger charge is -2.34. The number of esters is 1. The molecule has 0 aliphatic carbocycles. The number of hydrogen-bond donors (Lipinski definition) is 0. The summed E-state index contributed by atoms with van der Waals surface area (Å²) in [6.45, 7) is 12.5. The number of ether oxygens (including phenoxy) is 1. The Balaban J connectivity index is 4.79. The van der Waals surface area contributed by atoms with E-state index < -0.39 is 8.32 Å². The van der Waals surface area contributed by atoms with Crippen molar-refractivity contribution < 1.29 is 14.0 Å². The summed E-state index contributed by atoms with van der Waals surface area (Å²) >= 11 is 0. The monoisotopic (exact) mass is 258 g/mol. The van der Waals surface area contributed by atoms with Crippen LogP contribution >= 0.6 is 0 Å². The Morgan fingerprint density at radius 1 is 1.35 bits per heavy atom. The molecule has 0 fully saturated rings. The third-order valence-corrected chi connectivity index (χ3v) is 7.09. The fourth-order valence-electron chi connectivity index (χ4n) is 2.09. The van der Waals surface area contributed by atoms with E-state index >= 15 is 0 Å². The Morgan fingerprint density at radius 3 is 2.41 bits per heavy atom. The molecule has 0 aromatic heterocycles. The molecule has 2 unspecified atom stereocenters. The van der Waals surface area contributed by atoms with Crippen molar-refractivity contribution in [2.24, 2.45) is 0 Å². The largest absolute Gasteiger partial charge is 0.460 e. The average molecular weight is 258 g/mol. The first-order chi connectivity index (χ1) is 8.03. The van der Waals surface area contributed by atoms with Gasteiger partial charge < -0.3 is 9.16 Å². The summed E-state index contributed by atoms with van der Waals surface area (Å²) in [6.07, 6.45) is 4.17. The van der Waals surface area contributed by atoms with Gasteiger partial charge in [0.2, 0.25) is 8.32 Å². The van der Waals surface area contributed by atoms with Crippen molar-refractivity contribution in [3.63, 3.8) is 0 Å². The second-order valence-corrected chi connectivity index (χ2v) is 8.47. The molecular weight excluding hydrogens is 232 g/mol. The normalized spacial score (nSPS) is 16.0. The molecule has 4 heteroatoms. The van der Waals surface area contributed by atoms with Gasteiger partial charge >= 0.3 is 5.97 Å². The molecule has 0 saturated heterocycles. The summed E-state index contributed by atoms with van der Waals surface area (Å²) in [5.41, 5.74) is -0.0575. The van der Waals surface area contributed by atoms with Crippen LogP contribution in [0.2, 0.25) is 12.6 Å². The number of hydrogen-bond acceptors (Lipinski definition) is 3. The highest BCUT2D eigenvalue weighted by Gasteiger charge is 2.39. The first-order valence-electron chi connectivity index (χ1n) is 6.51. The van der Waals surface area contributed by atoms with E-state index in [1.54, 1.807) is 0 Å². The van der Waals surface area contributed by atoms with Crippen LogP contribution in [0.25, 0.3) is 0 Å². The summed E-state index contributed by atoms with van der Waals surface area (Å²) in [6, 6.07) is 1.02. The zero-order chi connectivity index (χ0) is 13.3. The van der Waals surface area contributed by atoms with E-state index in [0.29, 0.717) is 6.61 Å². The zero-order valence-electron chi connectivity index (χ0n) is 11.6. The van der Waals surface area contributed by atoms with Gasteiger partial charge in [-0.25, -0.2) is 4.79 Å². The van der Waals surface area contributed by atoms with Crippen LogP contribution < -0.4 is 0 Å². The number of carbonyl (C=O) groups is 1. The van der Waals surface area contributed by atoms with Crippen molar-refractivity contribution in [2.45, 2.75) is 58.4 Å². The predicted octanol–water partition coefficient (Wildman–Crippen LogP) is 3.45. The summed E-state index contributed by atoms with van der Waals surface area (Å²) in [5, 5.41) is 0. The molecule has 0 bridgehead atoms. The van der Waals surface area contributed by atoms with E-state index in [2.05, 4.69) is 27.0 Å². The smallest absolute Gasteiger partial charge is 0.330 e. The molecule has 100 valence electrons. The van der Waals surface area contributed by atoms with Crippen LogP contribution in [0.15, 0.2) is 12.7 Å². The molecule has 17 heavy (non-hydrogen) atoms. The second kappa shape index (κ2) is 8.47. The zero-order valence-corrected chi connectivity index (χ0v) is 12.6. The fraction of sp³-hybridized carbons (Fsp3) is 0.769. The van der Waals surface area contributed by atoms with E-state index in [9.17, 15) is 4.79 Å². The Morgan fingerprint density at radius 2 is 2.00 bits per heavy atom. The number of rotatable bonds is 9. The summed E-state index contributed by atoms with van der Waals surface area (Å²) in [4.78, 5) is 11.4. The van der Waals surface area contributed by atoms with E-state index in [-0.39, 0.29) is 11.7 Å². The van der Waals surface area contributed by atoms with Gasteiger partial charge in [0.25, 0.3) is 0 Å². The Bertz CT molecular complexity index is 235. The molecule has 0 saturated carbocycles. The van der Waals surface area contributed by atoms with Gasteiger partial charge in [-0.3, -0.25) is 0 Å². The molecule has 2 atom stereocenters. The third-order valence-electron chi connectivity index (χ3n) is 2.88. The van der Waals surface area contributed by atoms with Crippen LogP contribution in [0, 0.1) is 0 Å². The molecule has 0 aromatic carbocycles.